The van der Waals surface area contributed by atoms with Gasteiger partial charge in [0.1, 0.15) is 5.41 Å². The Morgan fingerprint density at radius 1 is 1.75 bits per heavy atom. The van der Waals surface area contributed by atoms with Crippen molar-refractivity contribution in [1.29, 1.82) is 5.26 Å². The Morgan fingerprint density at radius 3 is 2.88 bits per heavy atom. The second kappa shape index (κ2) is 4.79. The summed E-state index contributed by atoms with van der Waals surface area (Å²) in [5, 5.41) is 15.7. The minimum atomic E-state index is -0.946. The summed E-state index contributed by atoms with van der Waals surface area (Å²) in [5.74, 6) is -0.237. The third-order valence-electron chi connectivity index (χ3n) is 2.81. The van der Waals surface area contributed by atoms with Gasteiger partial charge in [-0.05, 0) is 19.4 Å². The van der Waals surface area contributed by atoms with Gasteiger partial charge in [0.2, 0.25) is 5.91 Å². The van der Waals surface area contributed by atoms with Crippen molar-refractivity contribution < 1.29 is 4.79 Å². The van der Waals surface area contributed by atoms with Gasteiger partial charge in [0.25, 0.3) is 0 Å². The molecule has 1 aromatic heterocycles. The van der Waals surface area contributed by atoms with E-state index in [1.165, 1.54) is 0 Å². The van der Waals surface area contributed by atoms with Gasteiger partial charge in [-0.2, -0.15) is 10.4 Å². The molecule has 0 saturated heterocycles. The molecule has 5 nitrogen and oxygen atoms in total. The zero-order valence-electron chi connectivity index (χ0n) is 9.82. The fraction of sp³-hybridized carbons (Fsp3) is 0.545. The molecular weight excluding hydrogens is 204 g/mol. The Bertz CT molecular complexity index is 418. The van der Waals surface area contributed by atoms with Gasteiger partial charge in [0, 0.05) is 13.2 Å². The molecule has 5 heteroatoms. The summed E-state index contributed by atoms with van der Waals surface area (Å²) >= 11 is 0. The monoisotopic (exact) mass is 220 g/mol. The highest BCUT2D eigenvalue weighted by Crippen LogP contribution is 2.19. The smallest absolute Gasteiger partial charge is 0.240 e. The molecule has 1 aromatic rings. The quantitative estimate of drug-likeness (QED) is 0.822. The number of aryl methyl sites for hydroxylation is 1. The number of rotatable bonds is 4. The number of hydrogen-bond acceptors (Lipinski definition) is 3. The third-order valence-corrected chi connectivity index (χ3v) is 2.81. The first-order valence-electron chi connectivity index (χ1n) is 5.20. The van der Waals surface area contributed by atoms with E-state index in [-0.39, 0.29) is 5.91 Å². The van der Waals surface area contributed by atoms with Crippen LogP contribution in [-0.4, -0.2) is 15.7 Å². The number of carbonyl (C=O) groups excluding carboxylic acids is 1. The summed E-state index contributed by atoms with van der Waals surface area (Å²) in [6.07, 6.45) is 2.17. The number of amides is 1. The Hall–Kier alpha value is -1.83. The Morgan fingerprint density at radius 2 is 2.44 bits per heavy atom. The summed E-state index contributed by atoms with van der Waals surface area (Å²) in [5.41, 5.74) is -0.0387. The maximum atomic E-state index is 11.8. The Balaban J connectivity index is 2.61. The molecule has 0 fully saturated rings. The van der Waals surface area contributed by atoms with Gasteiger partial charge in [0.15, 0.2) is 0 Å². The van der Waals surface area contributed by atoms with Crippen LogP contribution in [0.15, 0.2) is 12.3 Å². The number of nitrogens with zero attached hydrogens (tertiary/aromatic N) is 3. The van der Waals surface area contributed by atoms with Crippen molar-refractivity contribution in [2.75, 3.05) is 0 Å². The molecule has 86 valence electrons. The summed E-state index contributed by atoms with van der Waals surface area (Å²) in [6, 6.07) is 3.87. The van der Waals surface area contributed by atoms with Gasteiger partial charge in [-0.1, -0.05) is 6.92 Å². The molecule has 1 heterocycles. The maximum absolute atomic E-state index is 11.8. The highest BCUT2D eigenvalue weighted by Gasteiger charge is 2.30. The topological polar surface area (TPSA) is 70.7 Å². The Kier molecular flexibility index (Phi) is 3.67. The van der Waals surface area contributed by atoms with Crippen molar-refractivity contribution in [2.24, 2.45) is 12.5 Å². The van der Waals surface area contributed by atoms with E-state index in [1.807, 2.05) is 26.1 Å². The molecule has 1 atom stereocenters. The lowest BCUT2D eigenvalue weighted by Crippen LogP contribution is -2.37. The first-order valence-corrected chi connectivity index (χ1v) is 5.20. The van der Waals surface area contributed by atoms with Crippen LogP contribution >= 0.6 is 0 Å². The Labute approximate surface area is 95.1 Å². The first-order chi connectivity index (χ1) is 7.53. The van der Waals surface area contributed by atoms with E-state index in [9.17, 15) is 4.79 Å². The van der Waals surface area contributed by atoms with Gasteiger partial charge >= 0.3 is 0 Å². The molecular formula is C11H16N4O. The maximum Gasteiger partial charge on any atom is 0.240 e. The number of nitrogens with one attached hydrogen (secondary N) is 1. The molecule has 1 N–H and O–H groups in total. The number of aromatic nitrogens is 2. The minimum absolute atomic E-state index is 0.237. The van der Waals surface area contributed by atoms with Crippen LogP contribution in [0.3, 0.4) is 0 Å². The summed E-state index contributed by atoms with van der Waals surface area (Å²) in [7, 11) is 1.81. The van der Waals surface area contributed by atoms with Crippen LogP contribution in [-0.2, 0) is 18.4 Å². The molecule has 0 saturated carbocycles. The van der Waals surface area contributed by atoms with Crippen LogP contribution in [0.5, 0.6) is 0 Å². The normalized spacial score (nSPS) is 13.9. The number of carbonyl (C=O) groups is 1. The van der Waals surface area contributed by atoms with Crippen LogP contribution in [0.1, 0.15) is 26.0 Å². The molecule has 0 aliphatic carbocycles. The van der Waals surface area contributed by atoms with Gasteiger partial charge < -0.3 is 5.32 Å². The van der Waals surface area contributed by atoms with Crippen molar-refractivity contribution in [3.8, 4) is 6.07 Å². The number of nitriles is 1. The lowest BCUT2D eigenvalue weighted by atomic mass is 9.88. The fourth-order valence-corrected chi connectivity index (χ4v) is 1.23. The van der Waals surface area contributed by atoms with Gasteiger partial charge in [0.05, 0.1) is 18.3 Å². The van der Waals surface area contributed by atoms with Crippen LogP contribution in [0, 0.1) is 16.7 Å². The van der Waals surface area contributed by atoms with Crippen LogP contribution in [0.4, 0.5) is 0 Å². The molecule has 0 bridgehead atoms. The lowest BCUT2D eigenvalue weighted by molar-refractivity contribution is -0.127. The summed E-state index contributed by atoms with van der Waals surface area (Å²) < 4.78 is 1.69. The highest BCUT2D eigenvalue weighted by atomic mass is 16.2. The minimum Gasteiger partial charge on any atom is -0.349 e. The SMILES string of the molecule is CCC(C)(C#N)C(=O)NCc1ccnn1C. The zero-order valence-corrected chi connectivity index (χ0v) is 9.82. The van der Waals surface area contributed by atoms with Crippen LogP contribution in [0.2, 0.25) is 0 Å². The molecule has 1 amide bonds. The second-order valence-corrected chi connectivity index (χ2v) is 3.93. The highest BCUT2D eigenvalue weighted by molar-refractivity contribution is 5.84. The van der Waals surface area contributed by atoms with Gasteiger partial charge in [-0.15, -0.1) is 0 Å². The molecule has 16 heavy (non-hydrogen) atoms. The molecule has 0 spiro atoms. The van der Waals surface area contributed by atoms with E-state index in [1.54, 1.807) is 17.8 Å². The molecule has 0 aliphatic rings. The molecule has 0 radical (unpaired) electrons. The lowest BCUT2D eigenvalue weighted by Gasteiger charge is -2.18. The van der Waals surface area contributed by atoms with E-state index >= 15 is 0 Å². The predicted octanol–water partition coefficient (Wildman–Crippen LogP) is 0.976. The third kappa shape index (κ3) is 2.40. The average Bonchev–Trinajstić information content (AvgIpc) is 2.70. The standard InChI is InChI=1S/C11H16N4O/c1-4-11(2,8-12)10(16)13-7-9-5-6-14-15(9)3/h5-6H,4,7H2,1-3H3,(H,13,16). The van der Waals surface area contributed by atoms with Crippen LogP contribution in [0.25, 0.3) is 0 Å². The van der Waals surface area contributed by atoms with Crippen molar-refractivity contribution >= 4 is 5.91 Å². The van der Waals surface area contributed by atoms with E-state index in [0.717, 1.165) is 5.69 Å². The van der Waals surface area contributed by atoms with Crippen molar-refractivity contribution in [3.63, 3.8) is 0 Å². The van der Waals surface area contributed by atoms with E-state index in [4.69, 9.17) is 5.26 Å². The summed E-state index contributed by atoms with van der Waals surface area (Å²) in [4.78, 5) is 11.8. The van der Waals surface area contributed by atoms with E-state index < -0.39 is 5.41 Å². The summed E-state index contributed by atoms with van der Waals surface area (Å²) in [6.45, 7) is 3.87. The predicted molar refractivity (Wildman–Crippen MR) is 59.1 cm³/mol. The van der Waals surface area contributed by atoms with Crippen molar-refractivity contribution in [2.45, 2.75) is 26.8 Å². The van der Waals surface area contributed by atoms with Gasteiger partial charge in [-0.25, -0.2) is 0 Å². The van der Waals surface area contributed by atoms with E-state index in [2.05, 4.69) is 10.4 Å². The largest absolute Gasteiger partial charge is 0.349 e. The number of hydrogen-bond donors (Lipinski definition) is 1. The van der Waals surface area contributed by atoms with Gasteiger partial charge in [-0.3, -0.25) is 9.48 Å². The van der Waals surface area contributed by atoms with E-state index in [0.29, 0.717) is 13.0 Å². The zero-order chi connectivity index (χ0) is 12.2. The van der Waals surface area contributed by atoms with Crippen molar-refractivity contribution in [1.82, 2.24) is 15.1 Å². The van der Waals surface area contributed by atoms with Crippen LogP contribution < -0.4 is 5.32 Å². The molecule has 0 aliphatic heterocycles. The molecule has 0 aromatic carbocycles. The molecule has 1 unspecified atom stereocenters. The molecule has 1 rings (SSSR count). The van der Waals surface area contributed by atoms with Crippen molar-refractivity contribution in [3.05, 3.63) is 18.0 Å². The first kappa shape index (κ1) is 12.2. The second-order valence-electron chi connectivity index (χ2n) is 3.93. The fourth-order valence-electron chi connectivity index (χ4n) is 1.23. The average molecular weight is 220 g/mol.